The highest BCUT2D eigenvalue weighted by Crippen LogP contribution is 2.19. The van der Waals surface area contributed by atoms with E-state index in [1.807, 2.05) is 0 Å². The number of hydrogen-bond donors (Lipinski definition) is 2. The molecule has 0 bridgehead atoms. The van der Waals surface area contributed by atoms with E-state index in [2.05, 4.69) is 34.7 Å². The lowest BCUT2D eigenvalue weighted by Crippen LogP contribution is -2.13. The van der Waals surface area contributed by atoms with E-state index >= 15 is 0 Å². The molecule has 1 heterocycles. The van der Waals surface area contributed by atoms with E-state index in [0.717, 1.165) is 11.4 Å². The number of aromatic nitrogens is 2. The predicted octanol–water partition coefficient (Wildman–Crippen LogP) is 3.34. The highest BCUT2D eigenvalue weighted by molar-refractivity contribution is 7.15. The first-order valence-corrected chi connectivity index (χ1v) is 8.33. The van der Waals surface area contributed by atoms with Gasteiger partial charge in [0.1, 0.15) is 5.01 Å². The lowest BCUT2D eigenvalue weighted by Gasteiger charge is -2.06. The molecule has 0 aliphatic carbocycles. The van der Waals surface area contributed by atoms with Crippen LogP contribution in [0.25, 0.3) is 0 Å². The van der Waals surface area contributed by atoms with Crippen molar-refractivity contribution in [3.05, 3.63) is 34.8 Å². The number of rotatable bonds is 6. The Balaban J connectivity index is 2.04. The number of amides is 2. The van der Waals surface area contributed by atoms with Gasteiger partial charge in [-0.15, -0.1) is 10.2 Å². The molecule has 2 rings (SSSR count). The summed E-state index contributed by atoms with van der Waals surface area (Å²) in [5, 5.41) is 14.9. The molecule has 2 aromatic rings. The largest absolute Gasteiger partial charge is 0.326 e. The first-order chi connectivity index (χ1) is 11.0. The molecule has 0 unspecified atom stereocenters. The molecular weight excluding hydrogens is 312 g/mol. The van der Waals surface area contributed by atoms with Gasteiger partial charge >= 0.3 is 0 Å². The molecule has 23 heavy (non-hydrogen) atoms. The Hall–Kier alpha value is -2.28. The molecule has 1 aromatic carbocycles. The number of nitrogens with one attached hydrogen (secondary N) is 2. The van der Waals surface area contributed by atoms with Gasteiger partial charge in [0.05, 0.1) is 0 Å². The minimum absolute atomic E-state index is 0.0926. The lowest BCUT2D eigenvalue weighted by molar-refractivity contribution is -0.115. The number of anilines is 2. The second-order valence-corrected chi connectivity index (χ2v) is 6.60. The lowest BCUT2D eigenvalue weighted by atomic mass is 10.1. The second kappa shape index (κ2) is 7.82. The number of carbonyl (C=O) groups excluding carboxylic acids is 2. The fourth-order valence-corrected chi connectivity index (χ4v) is 2.84. The zero-order valence-corrected chi connectivity index (χ0v) is 14.2. The fourth-order valence-electron chi connectivity index (χ4n) is 1.89. The zero-order chi connectivity index (χ0) is 16.8. The maximum atomic E-state index is 12.3. The van der Waals surface area contributed by atoms with Crippen LogP contribution in [0.1, 0.15) is 42.6 Å². The number of hydrogen-bond acceptors (Lipinski definition) is 5. The summed E-state index contributed by atoms with van der Waals surface area (Å²) in [7, 11) is 0. The van der Waals surface area contributed by atoms with Crippen LogP contribution >= 0.6 is 11.3 Å². The van der Waals surface area contributed by atoms with Crippen LogP contribution in [0.2, 0.25) is 0 Å². The highest BCUT2D eigenvalue weighted by atomic mass is 32.1. The molecule has 7 heteroatoms. The molecule has 0 fully saturated rings. The smallest absolute Gasteiger partial charge is 0.257 e. The van der Waals surface area contributed by atoms with Crippen LogP contribution in [0, 0.1) is 5.92 Å². The summed E-state index contributed by atoms with van der Waals surface area (Å²) < 4.78 is 0. The van der Waals surface area contributed by atoms with Crippen molar-refractivity contribution in [3.8, 4) is 0 Å². The van der Waals surface area contributed by atoms with E-state index in [9.17, 15) is 9.59 Å². The second-order valence-electron chi connectivity index (χ2n) is 5.54. The van der Waals surface area contributed by atoms with Crippen LogP contribution in [0.5, 0.6) is 0 Å². The third-order valence-corrected chi connectivity index (χ3v) is 3.86. The number of benzene rings is 1. The Bertz CT molecular complexity index is 697. The maximum absolute atomic E-state index is 12.3. The SMILES string of the molecule is CCC(=O)Nc1cccc(C(=O)Nc2nnc(CC(C)C)s2)c1. The van der Waals surface area contributed by atoms with E-state index in [1.54, 1.807) is 31.2 Å². The molecule has 0 spiro atoms. The Kier molecular flexibility index (Phi) is 5.81. The minimum atomic E-state index is -0.273. The van der Waals surface area contributed by atoms with Crippen LogP contribution in [0.4, 0.5) is 10.8 Å². The molecule has 1 aromatic heterocycles. The third-order valence-electron chi connectivity index (χ3n) is 3.00. The van der Waals surface area contributed by atoms with Crippen LogP contribution < -0.4 is 10.6 Å². The average molecular weight is 332 g/mol. The van der Waals surface area contributed by atoms with Crippen molar-refractivity contribution in [1.29, 1.82) is 0 Å². The topological polar surface area (TPSA) is 84.0 Å². The molecule has 2 amide bonds. The van der Waals surface area contributed by atoms with E-state index in [4.69, 9.17) is 0 Å². The van der Waals surface area contributed by atoms with Crippen molar-refractivity contribution in [1.82, 2.24) is 10.2 Å². The summed E-state index contributed by atoms with van der Waals surface area (Å²) in [6.45, 7) is 5.99. The van der Waals surface area contributed by atoms with Crippen molar-refractivity contribution >= 4 is 34.0 Å². The minimum Gasteiger partial charge on any atom is -0.326 e. The van der Waals surface area contributed by atoms with Gasteiger partial charge < -0.3 is 5.32 Å². The Morgan fingerprint density at radius 1 is 1.22 bits per heavy atom. The molecule has 0 radical (unpaired) electrons. The molecule has 0 saturated heterocycles. The van der Waals surface area contributed by atoms with Gasteiger partial charge in [-0.3, -0.25) is 14.9 Å². The summed E-state index contributed by atoms with van der Waals surface area (Å²) in [5.41, 5.74) is 1.06. The van der Waals surface area contributed by atoms with Gasteiger partial charge in [0.15, 0.2) is 0 Å². The summed E-state index contributed by atoms with van der Waals surface area (Å²) in [6, 6.07) is 6.80. The number of nitrogens with zero attached hydrogens (tertiary/aromatic N) is 2. The molecular formula is C16H20N4O2S. The average Bonchev–Trinajstić information content (AvgIpc) is 2.93. The van der Waals surface area contributed by atoms with Gasteiger partial charge in [0.25, 0.3) is 5.91 Å². The fraction of sp³-hybridized carbons (Fsp3) is 0.375. The molecule has 6 nitrogen and oxygen atoms in total. The van der Waals surface area contributed by atoms with E-state index < -0.39 is 0 Å². The van der Waals surface area contributed by atoms with Crippen molar-refractivity contribution in [2.24, 2.45) is 5.92 Å². The summed E-state index contributed by atoms with van der Waals surface area (Å²) in [6.07, 6.45) is 1.23. The third kappa shape index (κ3) is 5.14. The van der Waals surface area contributed by atoms with Gasteiger partial charge in [-0.05, 0) is 24.1 Å². The summed E-state index contributed by atoms with van der Waals surface area (Å²) in [5.74, 6) is 0.125. The Morgan fingerprint density at radius 3 is 2.70 bits per heavy atom. The normalized spacial score (nSPS) is 10.6. The monoisotopic (exact) mass is 332 g/mol. The van der Waals surface area contributed by atoms with Crippen molar-refractivity contribution in [3.63, 3.8) is 0 Å². The Morgan fingerprint density at radius 2 is 2.00 bits per heavy atom. The summed E-state index contributed by atoms with van der Waals surface area (Å²) in [4.78, 5) is 23.7. The quantitative estimate of drug-likeness (QED) is 0.850. The number of carbonyl (C=O) groups is 2. The maximum Gasteiger partial charge on any atom is 0.257 e. The standard InChI is InChI=1S/C16H20N4O2S/c1-4-13(21)17-12-7-5-6-11(9-12)15(22)18-16-20-19-14(23-16)8-10(2)3/h5-7,9-10H,4,8H2,1-3H3,(H,17,21)(H,18,20,22). The van der Waals surface area contributed by atoms with Crippen LogP contribution in [-0.2, 0) is 11.2 Å². The van der Waals surface area contributed by atoms with E-state index in [-0.39, 0.29) is 11.8 Å². The molecule has 0 aliphatic heterocycles. The van der Waals surface area contributed by atoms with Crippen LogP contribution in [-0.4, -0.2) is 22.0 Å². The Labute approximate surface area is 139 Å². The van der Waals surface area contributed by atoms with Crippen molar-refractivity contribution < 1.29 is 9.59 Å². The van der Waals surface area contributed by atoms with E-state index in [1.165, 1.54) is 11.3 Å². The van der Waals surface area contributed by atoms with Gasteiger partial charge in [-0.1, -0.05) is 38.2 Å². The molecule has 2 N–H and O–H groups in total. The first-order valence-electron chi connectivity index (χ1n) is 7.51. The zero-order valence-electron chi connectivity index (χ0n) is 13.4. The first kappa shape index (κ1) is 17.1. The van der Waals surface area contributed by atoms with Crippen molar-refractivity contribution in [2.75, 3.05) is 10.6 Å². The van der Waals surface area contributed by atoms with Gasteiger partial charge in [0.2, 0.25) is 11.0 Å². The molecule has 0 saturated carbocycles. The van der Waals surface area contributed by atoms with Gasteiger partial charge in [0, 0.05) is 24.1 Å². The van der Waals surface area contributed by atoms with E-state index in [0.29, 0.717) is 28.7 Å². The van der Waals surface area contributed by atoms with Gasteiger partial charge in [-0.25, -0.2) is 0 Å². The summed E-state index contributed by atoms with van der Waals surface area (Å²) >= 11 is 1.38. The predicted molar refractivity (Wildman–Crippen MR) is 91.8 cm³/mol. The molecule has 0 atom stereocenters. The highest BCUT2D eigenvalue weighted by Gasteiger charge is 2.12. The van der Waals surface area contributed by atoms with Crippen molar-refractivity contribution in [2.45, 2.75) is 33.6 Å². The molecule has 122 valence electrons. The van der Waals surface area contributed by atoms with Crippen LogP contribution in [0.3, 0.4) is 0 Å². The van der Waals surface area contributed by atoms with Crippen LogP contribution in [0.15, 0.2) is 24.3 Å². The molecule has 0 aliphatic rings. The van der Waals surface area contributed by atoms with Gasteiger partial charge in [-0.2, -0.15) is 0 Å².